The standard InChI is InChI=1S/C13H20O5/c1-10(2)13(17)18-12(16)9-7-5-3-4-6-8-11(14)15/h1,3-9H2,2H3,(H,14,15). The van der Waals surface area contributed by atoms with Gasteiger partial charge in [-0.2, -0.15) is 0 Å². The minimum Gasteiger partial charge on any atom is -0.481 e. The van der Waals surface area contributed by atoms with E-state index < -0.39 is 17.9 Å². The Morgan fingerprint density at radius 3 is 2.00 bits per heavy atom. The normalized spacial score (nSPS) is 9.83. The molecule has 0 aromatic rings. The molecule has 5 heteroatoms. The van der Waals surface area contributed by atoms with Gasteiger partial charge in [-0.25, -0.2) is 4.79 Å². The van der Waals surface area contributed by atoms with E-state index in [2.05, 4.69) is 11.3 Å². The van der Waals surface area contributed by atoms with E-state index >= 15 is 0 Å². The number of rotatable bonds is 9. The molecule has 0 bridgehead atoms. The first-order valence-corrected chi connectivity index (χ1v) is 6.05. The van der Waals surface area contributed by atoms with E-state index in [1.54, 1.807) is 0 Å². The van der Waals surface area contributed by atoms with Crippen molar-refractivity contribution in [2.75, 3.05) is 0 Å². The number of carbonyl (C=O) groups excluding carboxylic acids is 2. The number of hydrogen-bond acceptors (Lipinski definition) is 4. The topological polar surface area (TPSA) is 80.7 Å². The molecule has 0 unspecified atom stereocenters. The average molecular weight is 256 g/mol. The highest BCUT2D eigenvalue weighted by Gasteiger charge is 2.10. The lowest BCUT2D eigenvalue weighted by atomic mass is 10.1. The fraction of sp³-hybridized carbons (Fsp3) is 0.615. The van der Waals surface area contributed by atoms with Crippen LogP contribution in [0.3, 0.4) is 0 Å². The van der Waals surface area contributed by atoms with Gasteiger partial charge in [0.05, 0.1) is 0 Å². The zero-order valence-corrected chi connectivity index (χ0v) is 10.7. The maximum atomic E-state index is 11.2. The molecule has 18 heavy (non-hydrogen) atoms. The second kappa shape index (κ2) is 9.39. The zero-order valence-electron chi connectivity index (χ0n) is 10.7. The van der Waals surface area contributed by atoms with Crippen molar-refractivity contribution in [1.29, 1.82) is 0 Å². The van der Waals surface area contributed by atoms with Crippen LogP contribution in [-0.4, -0.2) is 23.0 Å². The summed E-state index contributed by atoms with van der Waals surface area (Å²) in [7, 11) is 0. The van der Waals surface area contributed by atoms with E-state index in [1.165, 1.54) is 6.92 Å². The summed E-state index contributed by atoms with van der Waals surface area (Å²) in [6, 6.07) is 0. The number of unbranched alkanes of at least 4 members (excludes halogenated alkanes) is 4. The molecule has 0 fully saturated rings. The minimum atomic E-state index is -0.781. The van der Waals surface area contributed by atoms with Crippen LogP contribution >= 0.6 is 0 Å². The van der Waals surface area contributed by atoms with E-state index in [0.717, 1.165) is 19.3 Å². The summed E-state index contributed by atoms with van der Waals surface area (Å²) in [6.07, 6.45) is 4.26. The van der Waals surface area contributed by atoms with Crippen molar-refractivity contribution < 1.29 is 24.2 Å². The van der Waals surface area contributed by atoms with Gasteiger partial charge in [-0.1, -0.05) is 25.8 Å². The molecule has 0 atom stereocenters. The summed E-state index contributed by atoms with van der Waals surface area (Å²) in [4.78, 5) is 32.4. The van der Waals surface area contributed by atoms with E-state index in [1.807, 2.05) is 0 Å². The zero-order chi connectivity index (χ0) is 14.0. The van der Waals surface area contributed by atoms with Crippen LogP contribution in [-0.2, 0) is 19.1 Å². The van der Waals surface area contributed by atoms with Crippen LogP contribution < -0.4 is 0 Å². The van der Waals surface area contributed by atoms with Crippen LogP contribution in [0.25, 0.3) is 0 Å². The number of aliphatic carboxylic acids is 1. The molecule has 0 rings (SSSR count). The number of carboxylic acids is 1. The molecule has 0 radical (unpaired) electrons. The van der Waals surface area contributed by atoms with Crippen molar-refractivity contribution in [3.8, 4) is 0 Å². The Labute approximate surface area is 107 Å². The third-order valence-electron chi connectivity index (χ3n) is 2.33. The van der Waals surface area contributed by atoms with Gasteiger partial charge in [-0.15, -0.1) is 0 Å². The third-order valence-corrected chi connectivity index (χ3v) is 2.33. The predicted molar refractivity (Wildman–Crippen MR) is 65.9 cm³/mol. The van der Waals surface area contributed by atoms with Gasteiger partial charge in [-0.3, -0.25) is 9.59 Å². The summed E-state index contributed by atoms with van der Waals surface area (Å²) >= 11 is 0. The number of hydrogen-bond donors (Lipinski definition) is 1. The van der Waals surface area contributed by atoms with Gasteiger partial charge in [0.1, 0.15) is 0 Å². The minimum absolute atomic E-state index is 0.190. The monoisotopic (exact) mass is 256 g/mol. The summed E-state index contributed by atoms with van der Waals surface area (Å²) in [6.45, 7) is 4.86. The second-order valence-corrected chi connectivity index (χ2v) is 4.20. The number of ether oxygens (including phenoxy) is 1. The second-order valence-electron chi connectivity index (χ2n) is 4.20. The maximum Gasteiger partial charge on any atom is 0.340 e. The molecule has 0 aliphatic heterocycles. The van der Waals surface area contributed by atoms with Crippen molar-refractivity contribution in [2.24, 2.45) is 0 Å². The molecule has 102 valence electrons. The quantitative estimate of drug-likeness (QED) is 0.296. The van der Waals surface area contributed by atoms with E-state index in [4.69, 9.17) is 5.11 Å². The van der Waals surface area contributed by atoms with Crippen molar-refractivity contribution in [3.63, 3.8) is 0 Å². The van der Waals surface area contributed by atoms with Crippen LogP contribution in [0.5, 0.6) is 0 Å². The van der Waals surface area contributed by atoms with Crippen LogP contribution in [0.2, 0.25) is 0 Å². The largest absolute Gasteiger partial charge is 0.481 e. The first-order chi connectivity index (χ1) is 8.43. The van der Waals surface area contributed by atoms with E-state index in [9.17, 15) is 14.4 Å². The van der Waals surface area contributed by atoms with E-state index in [0.29, 0.717) is 12.8 Å². The van der Waals surface area contributed by atoms with Gasteiger partial charge >= 0.3 is 17.9 Å². The SMILES string of the molecule is C=C(C)C(=O)OC(=O)CCCCCCCC(=O)O. The number of carbonyl (C=O) groups is 3. The van der Waals surface area contributed by atoms with Gasteiger partial charge in [-0.05, 0) is 19.8 Å². The summed E-state index contributed by atoms with van der Waals surface area (Å²) < 4.78 is 4.52. The van der Waals surface area contributed by atoms with Crippen LogP contribution in [0.4, 0.5) is 0 Å². The summed E-state index contributed by atoms with van der Waals surface area (Å²) in [5.41, 5.74) is 0.206. The fourth-order valence-corrected chi connectivity index (χ4v) is 1.32. The molecule has 0 aliphatic rings. The fourth-order valence-electron chi connectivity index (χ4n) is 1.32. The molecule has 0 aliphatic carbocycles. The molecule has 0 spiro atoms. The lowest BCUT2D eigenvalue weighted by molar-refractivity contribution is -0.157. The molecule has 5 nitrogen and oxygen atoms in total. The molecule has 1 N–H and O–H groups in total. The first kappa shape index (κ1) is 16.4. The lowest BCUT2D eigenvalue weighted by Crippen LogP contribution is -2.12. The van der Waals surface area contributed by atoms with Crippen molar-refractivity contribution in [1.82, 2.24) is 0 Å². The Balaban J connectivity index is 3.44. The van der Waals surface area contributed by atoms with Crippen molar-refractivity contribution in [2.45, 2.75) is 51.9 Å². The number of esters is 2. The maximum absolute atomic E-state index is 11.2. The Morgan fingerprint density at radius 1 is 1.00 bits per heavy atom. The van der Waals surface area contributed by atoms with Gasteiger partial charge in [0, 0.05) is 18.4 Å². The highest BCUT2D eigenvalue weighted by molar-refractivity contribution is 5.95. The van der Waals surface area contributed by atoms with Crippen LogP contribution in [0.1, 0.15) is 51.9 Å². The Bertz CT molecular complexity index is 319. The first-order valence-electron chi connectivity index (χ1n) is 6.05. The molecule has 0 saturated heterocycles. The van der Waals surface area contributed by atoms with Gasteiger partial charge in [0.2, 0.25) is 0 Å². The predicted octanol–water partition coefficient (Wildman–Crippen LogP) is 2.45. The Hall–Kier alpha value is -1.65. The highest BCUT2D eigenvalue weighted by atomic mass is 16.6. The van der Waals surface area contributed by atoms with E-state index in [-0.39, 0.29) is 18.4 Å². The average Bonchev–Trinajstić information content (AvgIpc) is 2.27. The molecule has 0 aromatic carbocycles. The molecule has 0 aromatic heterocycles. The molecule has 0 heterocycles. The smallest absolute Gasteiger partial charge is 0.340 e. The molecule has 0 saturated carbocycles. The Kier molecular flexibility index (Phi) is 8.53. The summed E-state index contributed by atoms with van der Waals surface area (Å²) in [5, 5.41) is 8.42. The van der Waals surface area contributed by atoms with Gasteiger partial charge in [0.25, 0.3) is 0 Å². The van der Waals surface area contributed by atoms with Crippen molar-refractivity contribution in [3.05, 3.63) is 12.2 Å². The summed E-state index contributed by atoms with van der Waals surface area (Å²) in [5.74, 6) is -1.99. The van der Waals surface area contributed by atoms with Crippen molar-refractivity contribution >= 4 is 17.9 Å². The molecular weight excluding hydrogens is 236 g/mol. The van der Waals surface area contributed by atoms with Gasteiger partial charge in [0.15, 0.2) is 0 Å². The van der Waals surface area contributed by atoms with Crippen LogP contribution in [0, 0.1) is 0 Å². The van der Waals surface area contributed by atoms with Crippen LogP contribution in [0.15, 0.2) is 12.2 Å². The third kappa shape index (κ3) is 9.57. The number of carboxylic acid groups (broad SMARTS) is 1. The molecular formula is C13H20O5. The lowest BCUT2D eigenvalue weighted by Gasteiger charge is -2.02. The van der Waals surface area contributed by atoms with Gasteiger partial charge < -0.3 is 9.84 Å². The molecule has 0 amide bonds. The highest BCUT2D eigenvalue weighted by Crippen LogP contribution is 2.08. The Morgan fingerprint density at radius 2 is 1.50 bits per heavy atom.